The molecule has 4 N–H and O–H groups in total. The average molecular weight is 212 g/mol. The molecule has 0 aromatic heterocycles. The molecule has 0 bridgehead atoms. The molecule has 0 spiro atoms. The molecule has 0 saturated heterocycles. The summed E-state index contributed by atoms with van der Waals surface area (Å²) in [5.41, 5.74) is 13.4. The van der Waals surface area contributed by atoms with E-state index < -0.39 is 5.54 Å². The van der Waals surface area contributed by atoms with Gasteiger partial charge in [-0.05, 0) is 18.1 Å². The standard InChI is InChI=1S/C14H16N2/c15-13-7-10-14(16,11-8-13)9-6-12-4-2-1-3-5-12/h1-10H,11,15-16H2. The summed E-state index contributed by atoms with van der Waals surface area (Å²) in [7, 11) is 0. The van der Waals surface area contributed by atoms with Crippen LogP contribution in [0.1, 0.15) is 12.0 Å². The highest BCUT2D eigenvalue weighted by Crippen LogP contribution is 2.19. The summed E-state index contributed by atoms with van der Waals surface area (Å²) in [6.07, 6.45) is 10.6. The van der Waals surface area contributed by atoms with Crippen molar-refractivity contribution >= 4 is 6.08 Å². The zero-order valence-corrected chi connectivity index (χ0v) is 9.14. The third-order valence-corrected chi connectivity index (χ3v) is 2.66. The minimum Gasteiger partial charge on any atom is -0.399 e. The van der Waals surface area contributed by atoms with Gasteiger partial charge in [-0.25, -0.2) is 0 Å². The number of nitrogens with two attached hydrogens (primary N) is 2. The molecule has 1 aliphatic carbocycles. The van der Waals surface area contributed by atoms with E-state index in [-0.39, 0.29) is 0 Å². The molecule has 0 amide bonds. The van der Waals surface area contributed by atoms with Crippen LogP contribution in [0.15, 0.2) is 60.3 Å². The van der Waals surface area contributed by atoms with Crippen LogP contribution in [0, 0.1) is 0 Å². The zero-order chi connectivity index (χ0) is 11.4. The number of hydrogen-bond donors (Lipinski definition) is 2. The lowest BCUT2D eigenvalue weighted by atomic mass is 9.90. The Balaban J connectivity index is 2.11. The number of benzene rings is 1. The summed E-state index contributed by atoms with van der Waals surface area (Å²) in [6.45, 7) is 0. The first-order valence-corrected chi connectivity index (χ1v) is 5.36. The van der Waals surface area contributed by atoms with Crippen LogP contribution in [0.5, 0.6) is 0 Å². The fourth-order valence-electron chi connectivity index (χ4n) is 1.62. The third kappa shape index (κ3) is 2.61. The molecule has 0 radical (unpaired) electrons. The molecule has 0 saturated carbocycles. The van der Waals surface area contributed by atoms with E-state index in [2.05, 4.69) is 12.1 Å². The van der Waals surface area contributed by atoms with Gasteiger partial charge in [-0.2, -0.15) is 0 Å². The van der Waals surface area contributed by atoms with Gasteiger partial charge in [-0.15, -0.1) is 0 Å². The molecule has 2 heteroatoms. The Kier molecular flexibility index (Phi) is 2.93. The number of allylic oxidation sites excluding steroid dienone is 1. The summed E-state index contributed by atoms with van der Waals surface area (Å²) in [4.78, 5) is 0. The second-order valence-corrected chi connectivity index (χ2v) is 4.10. The van der Waals surface area contributed by atoms with E-state index in [1.54, 1.807) is 0 Å². The normalized spacial score (nSPS) is 24.7. The van der Waals surface area contributed by atoms with E-state index in [1.807, 2.05) is 48.6 Å². The summed E-state index contributed by atoms with van der Waals surface area (Å²) >= 11 is 0. The van der Waals surface area contributed by atoms with Gasteiger partial charge in [-0.1, -0.05) is 54.6 Å². The van der Waals surface area contributed by atoms with Crippen molar-refractivity contribution in [3.05, 3.63) is 65.9 Å². The van der Waals surface area contributed by atoms with Crippen molar-refractivity contribution in [2.45, 2.75) is 12.0 Å². The largest absolute Gasteiger partial charge is 0.399 e. The average Bonchev–Trinajstić information content (AvgIpc) is 2.33. The van der Waals surface area contributed by atoms with E-state index in [1.165, 1.54) is 0 Å². The van der Waals surface area contributed by atoms with Crippen molar-refractivity contribution in [3.8, 4) is 0 Å². The molecule has 0 fully saturated rings. The van der Waals surface area contributed by atoms with Gasteiger partial charge in [0.15, 0.2) is 0 Å². The SMILES string of the molecule is NC1=CCC(N)(C=Cc2ccccc2)C=C1. The first kappa shape index (κ1) is 10.7. The molecule has 2 nitrogen and oxygen atoms in total. The Morgan fingerprint density at radius 1 is 1.19 bits per heavy atom. The summed E-state index contributed by atoms with van der Waals surface area (Å²) in [5.74, 6) is 0. The Hall–Kier alpha value is -1.80. The van der Waals surface area contributed by atoms with Crippen LogP contribution >= 0.6 is 0 Å². The van der Waals surface area contributed by atoms with Crippen LogP contribution in [0.2, 0.25) is 0 Å². The highest BCUT2D eigenvalue weighted by Gasteiger charge is 2.18. The molecular formula is C14H16N2. The predicted molar refractivity (Wildman–Crippen MR) is 68.4 cm³/mol. The van der Waals surface area contributed by atoms with Crippen molar-refractivity contribution in [1.82, 2.24) is 0 Å². The van der Waals surface area contributed by atoms with Crippen LogP contribution in [-0.4, -0.2) is 5.54 Å². The minimum absolute atomic E-state index is 0.404. The fraction of sp³-hybridized carbons (Fsp3) is 0.143. The van der Waals surface area contributed by atoms with Crippen LogP contribution in [-0.2, 0) is 0 Å². The van der Waals surface area contributed by atoms with Gasteiger partial charge in [0, 0.05) is 5.70 Å². The van der Waals surface area contributed by atoms with E-state index in [0.717, 1.165) is 17.7 Å². The monoisotopic (exact) mass is 212 g/mol. The molecule has 0 heterocycles. The Bertz CT molecular complexity index is 443. The predicted octanol–water partition coefficient (Wildman–Crippen LogP) is 2.20. The van der Waals surface area contributed by atoms with E-state index in [0.29, 0.717) is 0 Å². The Morgan fingerprint density at radius 2 is 1.94 bits per heavy atom. The first-order valence-electron chi connectivity index (χ1n) is 5.36. The van der Waals surface area contributed by atoms with Crippen molar-refractivity contribution < 1.29 is 0 Å². The van der Waals surface area contributed by atoms with Crippen molar-refractivity contribution in [3.63, 3.8) is 0 Å². The summed E-state index contributed by atoms with van der Waals surface area (Å²) in [5, 5.41) is 0. The molecule has 1 aromatic rings. The first-order chi connectivity index (χ1) is 7.68. The van der Waals surface area contributed by atoms with Gasteiger partial charge in [-0.3, -0.25) is 0 Å². The quantitative estimate of drug-likeness (QED) is 0.789. The van der Waals surface area contributed by atoms with Gasteiger partial charge in [0.2, 0.25) is 0 Å². The fourth-order valence-corrected chi connectivity index (χ4v) is 1.62. The topological polar surface area (TPSA) is 52.0 Å². The minimum atomic E-state index is -0.404. The highest BCUT2D eigenvalue weighted by molar-refractivity contribution is 5.52. The van der Waals surface area contributed by atoms with Crippen LogP contribution in [0.4, 0.5) is 0 Å². The Labute approximate surface area is 96.0 Å². The molecular weight excluding hydrogens is 196 g/mol. The van der Waals surface area contributed by atoms with Gasteiger partial charge >= 0.3 is 0 Å². The Morgan fingerprint density at radius 3 is 2.56 bits per heavy atom. The molecule has 1 aromatic carbocycles. The maximum Gasteiger partial charge on any atom is 0.0567 e. The smallest absolute Gasteiger partial charge is 0.0567 e. The van der Waals surface area contributed by atoms with Crippen molar-refractivity contribution in [2.75, 3.05) is 0 Å². The molecule has 0 aliphatic heterocycles. The summed E-state index contributed by atoms with van der Waals surface area (Å²) < 4.78 is 0. The van der Waals surface area contributed by atoms with E-state index in [4.69, 9.17) is 11.5 Å². The lowest BCUT2D eigenvalue weighted by Gasteiger charge is -2.23. The second kappa shape index (κ2) is 4.37. The third-order valence-electron chi connectivity index (χ3n) is 2.66. The molecule has 82 valence electrons. The molecule has 1 aliphatic rings. The highest BCUT2D eigenvalue weighted by atomic mass is 14.7. The van der Waals surface area contributed by atoms with Crippen LogP contribution in [0.25, 0.3) is 6.08 Å². The van der Waals surface area contributed by atoms with Crippen LogP contribution < -0.4 is 11.5 Å². The lowest BCUT2D eigenvalue weighted by Crippen LogP contribution is -2.36. The van der Waals surface area contributed by atoms with Gasteiger partial charge in [0.25, 0.3) is 0 Å². The van der Waals surface area contributed by atoms with Gasteiger partial charge in [0.1, 0.15) is 0 Å². The van der Waals surface area contributed by atoms with Crippen molar-refractivity contribution in [1.29, 1.82) is 0 Å². The van der Waals surface area contributed by atoms with Crippen LogP contribution in [0.3, 0.4) is 0 Å². The molecule has 2 rings (SSSR count). The van der Waals surface area contributed by atoms with Crippen molar-refractivity contribution in [2.24, 2.45) is 11.5 Å². The molecule has 1 unspecified atom stereocenters. The number of hydrogen-bond acceptors (Lipinski definition) is 2. The maximum absolute atomic E-state index is 6.20. The van der Waals surface area contributed by atoms with Gasteiger partial charge in [0.05, 0.1) is 5.54 Å². The lowest BCUT2D eigenvalue weighted by molar-refractivity contribution is 0.658. The van der Waals surface area contributed by atoms with Gasteiger partial charge < -0.3 is 11.5 Å². The molecule has 1 atom stereocenters. The second-order valence-electron chi connectivity index (χ2n) is 4.10. The molecule has 16 heavy (non-hydrogen) atoms. The van der Waals surface area contributed by atoms with E-state index >= 15 is 0 Å². The maximum atomic E-state index is 6.20. The van der Waals surface area contributed by atoms with E-state index in [9.17, 15) is 0 Å². The zero-order valence-electron chi connectivity index (χ0n) is 9.14. The summed E-state index contributed by atoms with van der Waals surface area (Å²) in [6, 6.07) is 10.1. The number of rotatable bonds is 2.